The Morgan fingerprint density at radius 1 is 1.04 bits per heavy atom. The van der Waals surface area contributed by atoms with Crippen LogP contribution < -0.4 is 0 Å². The number of carbonyl (C=O) groups is 1. The van der Waals surface area contributed by atoms with Gasteiger partial charge in [-0.05, 0) is 98.3 Å². The fraction of sp³-hybridized carbons (Fsp3) is 0.609. The van der Waals surface area contributed by atoms with Crippen molar-refractivity contribution in [2.45, 2.75) is 64.0 Å². The van der Waals surface area contributed by atoms with Gasteiger partial charge in [0.25, 0.3) is 0 Å². The maximum Gasteiger partial charge on any atom is 0.229 e. The van der Waals surface area contributed by atoms with Gasteiger partial charge >= 0.3 is 0 Å². The lowest BCUT2D eigenvalue weighted by atomic mass is 9.49. The number of benzene rings is 1. The first-order chi connectivity index (χ1) is 12.7. The molecule has 0 radical (unpaired) electrons. The largest absolute Gasteiger partial charge is 0.361 e. The highest BCUT2D eigenvalue weighted by Crippen LogP contribution is 2.61. The fourth-order valence-corrected chi connectivity index (χ4v) is 6.83. The number of nitrogens with one attached hydrogen (secondary N) is 1. The summed E-state index contributed by atoms with van der Waals surface area (Å²) in [6, 6.07) is 9.24. The van der Waals surface area contributed by atoms with Crippen molar-refractivity contribution in [3.8, 4) is 0 Å². The molecule has 0 saturated heterocycles. The Balaban J connectivity index is 1.30. The minimum atomic E-state index is -0.00444. The Labute approximate surface area is 155 Å². The number of H-pyrrole nitrogens is 1. The zero-order valence-electron chi connectivity index (χ0n) is 15.4. The monoisotopic (exact) mass is 348 g/mol. The molecule has 5 aliphatic carbocycles. The molecule has 0 aliphatic heterocycles. The lowest BCUT2D eigenvalue weighted by Crippen LogP contribution is -2.54. The van der Waals surface area contributed by atoms with E-state index in [1.807, 2.05) is 6.20 Å². The third kappa shape index (κ3) is 2.35. The minimum Gasteiger partial charge on any atom is -0.361 e. The number of carbonyl (C=O) groups excluding carboxylic acids is 1. The molecular weight excluding hydrogens is 320 g/mol. The number of amides is 1. The predicted molar refractivity (Wildman–Crippen MR) is 102 cm³/mol. The molecule has 0 atom stereocenters. The number of hydrogen-bond acceptors (Lipinski definition) is 1. The van der Waals surface area contributed by atoms with E-state index in [1.54, 1.807) is 0 Å². The molecule has 1 heterocycles. The van der Waals surface area contributed by atoms with Crippen LogP contribution in [0, 0.1) is 23.2 Å². The van der Waals surface area contributed by atoms with E-state index in [-0.39, 0.29) is 5.41 Å². The van der Waals surface area contributed by atoms with Crippen molar-refractivity contribution >= 4 is 16.8 Å². The van der Waals surface area contributed by atoms with Crippen LogP contribution in [0.25, 0.3) is 10.9 Å². The molecule has 3 nitrogen and oxygen atoms in total. The summed E-state index contributed by atoms with van der Waals surface area (Å²) in [5.41, 5.74) is 2.46. The molecule has 4 bridgehead atoms. The van der Waals surface area contributed by atoms with Crippen LogP contribution >= 0.6 is 0 Å². The van der Waals surface area contributed by atoms with E-state index >= 15 is 0 Å². The predicted octanol–water partition coefficient (Wildman–Crippen LogP) is 4.88. The number of hydrogen-bond donors (Lipinski definition) is 1. The van der Waals surface area contributed by atoms with Crippen LogP contribution in [0.1, 0.15) is 56.9 Å². The minimum absolute atomic E-state index is 0.00444. The highest BCUT2D eigenvalue weighted by Gasteiger charge is 2.56. The zero-order chi connectivity index (χ0) is 17.3. The summed E-state index contributed by atoms with van der Waals surface area (Å²) in [6.07, 6.45) is 12.1. The van der Waals surface area contributed by atoms with E-state index in [0.29, 0.717) is 11.9 Å². The van der Waals surface area contributed by atoms with Crippen molar-refractivity contribution in [2.24, 2.45) is 23.2 Å². The van der Waals surface area contributed by atoms with Crippen molar-refractivity contribution in [3.63, 3.8) is 0 Å². The third-order valence-corrected chi connectivity index (χ3v) is 7.71. The summed E-state index contributed by atoms with van der Waals surface area (Å²) in [7, 11) is 0. The molecule has 2 aromatic rings. The van der Waals surface area contributed by atoms with Crippen LogP contribution in [0.4, 0.5) is 0 Å². The average Bonchev–Trinajstić information content (AvgIpc) is 3.35. The van der Waals surface area contributed by atoms with Gasteiger partial charge in [-0.1, -0.05) is 6.07 Å². The first-order valence-corrected chi connectivity index (χ1v) is 10.6. The molecule has 5 fully saturated rings. The van der Waals surface area contributed by atoms with Crippen LogP contribution in [-0.2, 0) is 11.3 Å². The SMILES string of the molecule is O=C(N(Cc1ccc2[nH]ccc2c1)C1CC1)C12CC3CC(CC(C3)C1)C2. The van der Waals surface area contributed by atoms with Crippen LogP contribution in [0.15, 0.2) is 30.5 Å². The standard InChI is InChI=1S/C23H28N2O/c26-22(23-11-16-7-17(12-23)9-18(8-16)13-23)25(20-2-3-20)14-15-1-4-21-19(10-15)5-6-24-21/h1,4-6,10,16-18,20,24H,2-3,7-9,11-14H2. The highest BCUT2D eigenvalue weighted by molar-refractivity contribution is 5.84. The molecule has 0 unspecified atom stereocenters. The summed E-state index contributed by atoms with van der Waals surface area (Å²) in [5.74, 6) is 3.01. The highest BCUT2D eigenvalue weighted by atomic mass is 16.2. The summed E-state index contributed by atoms with van der Waals surface area (Å²) in [6.45, 7) is 0.798. The molecule has 3 heteroatoms. The maximum atomic E-state index is 13.8. The molecular formula is C23H28N2O. The van der Waals surface area contributed by atoms with Crippen LogP contribution in [0.3, 0.4) is 0 Å². The zero-order valence-corrected chi connectivity index (χ0v) is 15.4. The van der Waals surface area contributed by atoms with E-state index in [0.717, 1.165) is 24.3 Å². The lowest BCUT2D eigenvalue weighted by molar-refractivity contribution is -0.159. The molecule has 1 amide bonds. The number of fused-ring (bicyclic) bond motifs is 1. The Bertz CT molecular complexity index is 827. The van der Waals surface area contributed by atoms with Crippen LogP contribution in [-0.4, -0.2) is 21.8 Å². The summed E-state index contributed by atoms with van der Waals surface area (Å²) >= 11 is 0. The second-order valence-electron chi connectivity index (χ2n) is 9.76. The Morgan fingerprint density at radius 3 is 2.38 bits per heavy atom. The fourth-order valence-electron chi connectivity index (χ4n) is 6.83. The van der Waals surface area contributed by atoms with Gasteiger partial charge in [-0.2, -0.15) is 0 Å². The van der Waals surface area contributed by atoms with E-state index in [2.05, 4.69) is 34.1 Å². The number of nitrogens with zero attached hydrogens (tertiary/aromatic N) is 1. The Morgan fingerprint density at radius 2 is 1.73 bits per heavy atom. The molecule has 136 valence electrons. The van der Waals surface area contributed by atoms with Crippen molar-refractivity contribution in [3.05, 3.63) is 36.0 Å². The van der Waals surface area contributed by atoms with E-state index in [9.17, 15) is 4.79 Å². The molecule has 1 N–H and O–H groups in total. The van der Waals surface area contributed by atoms with Crippen molar-refractivity contribution < 1.29 is 4.79 Å². The number of aromatic nitrogens is 1. The van der Waals surface area contributed by atoms with Gasteiger partial charge in [0, 0.05) is 24.3 Å². The van der Waals surface area contributed by atoms with Crippen LogP contribution in [0.2, 0.25) is 0 Å². The Kier molecular flexibility index (Phi) is 3.16. The Hall–Kier alpha value is -1.77. The van der Waals surface area contributed by atoms with Crippen molar-refractivity contribution in [2.75, 3.05) is 0 Å². The second kappa shape index (κ2) is 5.37. The second-order valence-corrected chi connectivity index (χ2v) is 9.76. The molecule has 7 rings (SSSR count). The molecule has 1 aromatic carbocycles. The summed E-state index contributed by atoms with van der Waals surface area (Å²) in [5, 5.41) is 1.25. The molecule has 0 spiro atoms. The van der Waals surface area contributed by atoms with E-state index < -0.39 is 0 Å². The van der Waals surface area contributed by atoms with Crippen molar-refractivity contribution in [1.29, 1.82) is 0 Å². The summed E-state index contributed by atoms with van der Waals surface area (Å²) < 4.78 is 0. The average molecular weight is 348 g/mol. The van der Waals surface area contributed by atoms with E-state index in [1.165, 1.54) is 67.8 Å². The molecule has 5 aliphatic rings. The smallest absolute Gasteiger partial charge is 0.229 e. The van der Waals surface area contributed by atoms with Gasteiger partial charge in [-0.25, -0.2) is 0 Å². The molecule has 5 saturated carbocycles. The van der Waals surface area contributed by atoms with E-state index in [4.69, 9.17) is 0 Å². The van der Waals surface area contributed by atoms with Gasteiger partial charge in [-0.3, -0.25) is 4.79 Å². The number of rotatable bonds is 4. The van der Waals surface area contributed by atoms with Gasteiger partial charge in [0.15, 0.2) is 0 Å². The number of aromatic amines is 1. The van der Waals surface area contributed by atoms with Crippen LogP contribution in [0.5, 0.6) is 0 Å². The lowest BCUT2D eigenvalue weighted by Gasteiger charge is -2.56. The van der Waals surface area contributed by atoms with Gasteiger partial charge in [0.05, 0.1) is 5.41 Å². The van der Waals surface area contributed by atoms with Gasteiger partial charge < -0.3 is 9.88 Å². The maximum absolute atomic E-state index is 13.8. The molecule has 1 aromatic heterocycles. The quantitative estimate of drug-likeness (QED) is 0.840. The third-order valence-electron chi connectivity index (χ3n) is 7.71. The van der Waals surface area contributed by atoms with Crippen molar-refractivity contribution in [1.82, 2.24) is 9.88 Å². The van der Waals surface area contributed by atoms with Gasteiger partial charge in [0.1, 0.15) is 0 Å². The topological polar surface area (TPSA) is 36.1 Å². The first-order valence-electron chi connectivity index (χ1n) is 10.6. The summed E-state index contributed by atoms with van der Waals surface area (Å²) in [4.78, 5) is 19.4. The first kappa shape index (κ1) is 15.3. The normalized spacial score (nSPS) is 35.2. The van der Waals surface area contributed by atoms with Gasteiger partial charge in [-0.15, -0.1) is 0 Å². The molecule has 26 heavy (non-hydrogen) atoms. The van der Waals surface area contributed by atoms with Gasteiger partial charge in [0.2, 0.25) is 5.91 Å².